The maximum Gasteiger partial charge on any atom is 0.339 e. The average molecular weight is 204 g/mol. The predicted molar refractivity (Wildman–Crippen MR) is 44.5 cm³/mol. The second-order valence-corrected chi connectivity index (χ2v) is 2.85. The van der Waals surface area contributed by atoms with E-state index in [2.05, 4.69) is 5.10 Å². The summed E-state index contributed by atoms with van der Waals surface area (Å²) < 4.78 is 25.0. The summed E-state index contributed by atoms with van der Waals surface area (Å²) in [5.41, 5.74) is 0.456. The van der Waals surface area contributed by atoms with Gasteiger partial charge in [-0.1, -0.05) is 0 Å². The highest BCUT2D eigenvalue weighted by Crippen LogP contribution is 2.09. The molecule has 0 aliphatic rings. The van der Waals surface area contributed by atoms with Gasteiger partial charge in [0.2, 0.25) is 6.43 Å². The van der Waals surface area contributed by atoms with E-state index in [1.807, 2.05) is 0 Å². The van der Waals surface area contributed by atoms with Crippen molar-refractivity contribution in [1.82, 2.24) is 9.78 Å². The zero-order valence-electron chi connectivity index (χ0n) is 7.57. The van der Waals surface area contributed by atoms with Crippen LogP contribution in [0.15, 0.2) is 6.20 Å². The highest BCUT2D eigenvalue weighted by atomic mass is 19.3. The molecule has 6 heteroatoms. The minimum absolute atomic E-state index is 0.0385. The molecular formula is C8H10F2N2O2. The van der Waals surface area contributed by atoms with Gasteiger partial charge >= 0.3 is 5.97 Å². The van der Waals surface area contributed by atoms with Crippen LogP contribution < -0.4 is 0 Å². The van der Waals surface area contributed by atoms with Crippen molar-refractivity contribution < 1.29 is 18.7 Å². The first kappa shape index (κ1) is 10.6. The summed E-state index contributed by atoms with van der Waals surface area (Å²) in [5.74, 6) is -1.09. The Kier molecular flexibility index (Phi) is 3.16. The summed E-state index contributed by atoms with van der Waals surface area (Å²) in [6.45, 7) is 1.58. The summed E-state index contributed by atoms with van der Waals surface area (Å²) >= 11 is 0. The van der Waals surface area contributed by atoms with E-state index in [-0.39, 0.29) is 18.5 Å². The summed E-state index contributed by atoms with van der Waals surface area (Å²) in [7, 11) is 0. The van der Waals surface area contributed by atoms with Crippen molar-refractivity contribution in [3.8, 4) is 0 Å². The van der Waals surface area contributed by atoms with Crippen LogP contribution in [0.25, 0.3) is 0 Å². The molecule has 1 N–H and O–H groups in total. The Morgan fingerprint density at radius 1 is 1.71 bits per heavy atom. The van der Waals surface area contributed by atoms with Crippen molar-refractivity contribution >= 4 is 5.97 Å². The Hall–Kier alpha value is -1.46. The number of carboxylic acids is 1. The SMILES string of the molecule is Cc1c(C(=O)O)cnn1CCC(F)F. The standard InChI is InChI=1S/C8H10F2N2O2/c1-5-6(8(13)14)4-11-12(5)3-2-7(9)10/h4,7H,2-3H2,1H3,(H,13,14). The largest absolute Gasteiger partial charge is 0.478 e. The molecule has 0 fully saturated rings. The van der Waals surface area contributed by atoms with E-state index in [1.165, 1.54) is 10.9 Å². The van der Waals surface area contributed by atoms with Crippen LogP contribution in [-0.2, 0) is 6.54 Å². The van der Waals surface area contributed by atoms with Crippen LogP contribution in [0.1, 0.15) is 22.5 Å². The quantitative estimate of drug-likeness (QED) is 0.809. The molecule has 14 heavy (non-hydrogen) atoms. The number of aromatic carboxylic acids is 1. The Labute approximate surface area is 79.2 Å². The molecular weight excluding hydrogens is 194 g/mol. The first-order valence-electron chi connectivity index (χ1n) is 4.06. The molecule has 1 aromatic heterocycles. The first-order chi connectivity index (χ1) is 6.52. The van der Waals surface area contributed by atoms with E-state index in [1.54, 1.807) is 6.92 Å². The van der Waals surface area contributed by atoms with Crippen molar-refractivity contribution in [2.45, 2.75) is 26.3 Å². The Morgan fingerprint density at radius 2 is 2.36 bits per heavy atom. The van der Waals surface area contributed by atoms with Crippen LogP contribution in [0.3, 0.4) is 0 Å². The highest BCUT2D eigenvalue weighted by molar-refractivity contribution is 5.88. The molecule has 4 nitrogen and oxygen atoms in total. The van der Waals surface area contributed by atoms with Crippen LogP contribution >= 0.6 is 0 Å². The number of halogens is 2. The van der Waals surface area contributed by atoms with Crippen molar-refractivity contribution in [2.75, 3.05) is 0 Å². The molecule has 0 aromatic carbocycles. The molecule has 0 atom stereocenters. The number of aryl methyl sites for hydroxylation is 1. The first-order valence-corrected chi connectivity index (χ1v) is 4.06. The molecule has 0 spiro atoms. The third kappa shape index (κ3) is 2.27. The Balaban J connectivity index is 2.74. The maximum absolute atomic E-state index is 11.9. The van der Waals surface area contributed by atoms with Gasteiger partial charge in [-0.3, -0.25) is 4.68 Å². The van der Waals surface area contributed by atoms with Gasteiger partial charge in [-0.05, 0) is 6.92 Å². The van der Waals surface area contributed by atoms with Gasteiger partial charge in [0.05, 0.1) is 6.20 Å². The lowest BCUT2D eigenvalue weighted by atomic mass is 10.2. The second-order valence-electron chi connectivity index (χ2n) is 2.85. The Morgan fingerprint density at radius 3 is 2.79 bits per heavy atom. The van der Waals surface area contributed by atoms with Crippen molar-refractivity contribution in [3.05, 3.63) is 17.5 Å². The highest BCUT2D eigenvalue weighted by Gasteiger charge is 2.13. The minimum atomic E-state index is -2.40. The number of hydrogen-bond donors (Lipinski definition) is 1. The molecule has 1 aromatic rings. The Bertz CT molecular complexity index is 336. The summed E-state index contributed by atoms with van der Waals surface area (Å²) in [5, 5.41) is 12.4. The van der Waals surface area contributed by atoms with Gasteiger partial charge in [-0.25, -0.2) is 13.6 Å². The smallest absolute Gasteiger partial charge is 0.339 e. The molecule has 0 amide bonds. The summed E-state index contributed by atoms with van der Waals surface area (Å²) in [6.07, 6.45) is -1.54. The van der Waals surface area contributed by atoms with Gasteiger partial charge in [0.25, 0.3) is 0 Å². The number of carboxylic acid groups (broad SMARTS) is 1. The lowest BCUT2D eigenvalue weighted by Crippen LogP contribution is -2.07. The van der Waals surface area contributed by atoms with Gasteiger partial charge in [-0.15, -0.1) is 0 Å². The molecule has 1 heterocycles. The van der Waals surface area contributed by atoms with E-state index in [0.717, 1.165) is 0 Å². The van der Waals surface area contributed by atoms with Gasteiger partial charge in [0, 0.05) is 18.7 Å². The number of carbonyl (C=O) groups is 1. The van der Waals surface area contributed by atoms with Crippen LogP contribution in [0.4, 0.5) is 8.78 Å². The second kappa shape index (κ2) is 4.17. The molecule has 0 saturated carbocycles. The van der Waals surface area contributed by atoms with Crippen LogP contribution in [0.2, 0.25) is 0 Å². The number of rotatable bonds is 4. The fourth-order valence-electron chi connectivity index (χ4n) is 1.10. The zero-order valence-corrected chi connectivity index (χ0v) is 7.57. The summed E-state index contributed by atoms with van der Waals surface area (Å²) in [6, 6.07) is 0. The number of hydrogen-bond acceptors (Lipinski definition) is 2. The fourth-order valence-corrected chi connectivity index (χ4v) is 1.10. The van der Waals surface area contributed by atoms with Crippen molar-refractivity contribution in [1.29, 1.82) is 0 Å². The predicted octanol–water partition coefficient (Wildman–Crippen LogP) is 1.54. The van der Waals surface area contributed by atoms with E-state index >= 15 is 0 Å². The van der Waals surface area contributed by atoms with Crippen LogP contribution in [0, 0.1) is 6.92 Å². The molecule has 0 aliphatic heterocycles. The van der Waals surface area contributed by atoms with E-state index in [9.17, 15) is 13.6 Å². The van der Waals surface area contributed by atoms with E-state index in [0.29, 0.717) is 5.69 Å². The number of aromatic nitrogens is 2. The molecule has 1 rings (SSSR count). The minimum Gasteiger partial charge on any atom is -0.478 e. The lowest BCUT2D eigenvalue weighted by Gasteiger charge is -2.03. The zero-order chi connectivity index (χ0) is 10.7. The summed E-state index contributed by atoms with van der Waals surface area (Å²) in [4.78, 5) is 10.6. The van der Waals surface area contributed by atoms with Crippen LogP contribution in [-0.4, -0.2) is 27.3 Å². The van der Waals surface area contributed by atoms with Gasteiger partial charge in [0.15, 0.2) is 0 Å². The topological polar surface area (TPSA) is 55.1 Å². The number of alkyl halides is 2. The van der Waals surface area contributed by atoms with Gasteiger partial charge in [-0.2, -0.15) is 5.10 Å². The van der Waals surface area contributed by atoms with E-state index in [4.69, 9.17) is 5.11 Å². The number of nitrogens with zero attached hydrogens (tertiary/aromatic N) is 2. The maximum atomic E-state index is 11.9. The molecule has 0 bridgehead atoms. The average Bonchev–Trinajstić information content (AvgIpc) is 2.43. The molecule has 0 radical (unpaired) electrons. The monoisotopic (exact) mass is 204 g/mol. The van der Waals surface area contributed by atoms with Gasteiger partial charge in [0.1, 0.15) is 5.56 Å². The van der Waals surface area contributed by atoms with Gasteiger partial charge < -0.3 is 5.11 Å². The molecule has 0 aliphatic carbocycles. The van der Waals surface area contributed by atoms with E-state index < -0.39 is 12.4 Å². The molecule has 0 unspecified atom stereocenters. The molecule has 78 valence electrons. The fraction of sp³-hybridized carbons (Fsp3) is 0.500. The van der Waals surface area contributed by atoms with Crippen molar-refractivity contribution in [3.63, 3.8) is 0 Å². The van der Waals surface area contributed by atoms with Crippen LogP contribution in [0.5, 0.6) is 0 Å². The lowest BCUT2D eigenvalue weighted by molar-refractivity contribution is 0.0696. The van der Waals surface area contributed by atoms with Crippen molar-refractivity contribution in [2.24, 2.45) is 0 Å². The molecule has 0 saturated heterocycles. The third-order valence-electron chi connectivity index (χ3n) is 1.89. The normalized spacial score (nSPS) is 10.9. The third-order valence-corrected chi connectivity index (χ3v) is 1.89.